The van der Waals surface area contributed by atoms with E-state index in [4.69, 9.17) is 9.31 Å². The minimum Gasteiger partial charge on any atom is -0.399 e. The first-order chi connectivity index (χ1) is 8.84. The van der Waals surface area contributed by atoms with E-state index in [1.807, 2.05) is 6.08 Å². The summed E-state index contributed by atoms with van der Waals surface area (Å²) in [6.45, 7) is 14.4. The maximum atomic E-state index is 6.03. The van der Waals surface area contributed by atoms with Gasteiger partial charge in [-0.15, -0.1) is 0 Å². The van der Waals surface area contributed by atoms with Crippen LogP contribution in [0.2, 0.25) is 0 Å². The lowest BCUT2D eigenvalue weighted by molar-refractivity contribution is 0.00578. The molecule has 1 rings (SSSR count). The average Bonchev–Trinajstić information content (AvgIpc) is 2.53. The summed E-state index contributed by atoms with van der Waals surface area (Å²) >= 11 is 0. The summed E-state index contributed by atoms with van der Waals surface area (Å²) in [5, 5.41) is 0. The van der Waals surface area contributed by atoms with E-state index in [9.17, 15) is 0 Å². The third kappa shape index (κ3) is 4.22. The molecule has 19 heavy (non-hydrogen) atoms. The van der Waals surface area contributed by atoms with E-state index in [0.717, 1.165) is 11.9 Å². The van der Waals surface area contributed by atoms with Crippen LogP contribution in [0.4, 0.5) is 0 Å². The van der Waals surface area contributed by atoms with E-state index in [-0.39, 0.29) is 18.3 Å². The molecule has 0 aromatic rings. The molecule has 0 atom stereocenters. The van der Waals surface area contributed by atoms with Crippen molar-refractivity contribution in [1.82, 2.24) is 0 Å². The predicted octanol–water partition coefficient (Wildman–Crippen LogP) is 4.70. The van der Waals surface area contributed by atoms with Gasteiger partial charge in [0.25, 0.3) is 0 Å². The molecule has 1 saturated heterocycles. The highest BCUT2D eigenvalue weighted by molar-refractivity contribution is 6.55. The molecule has 2 nitrogen and oxygen atoms in total. The first-order valence-electron chi connectivity index (χ1n) is 7.52. The van der Waals surface area contributed by atoms with Crippen molar-refractivity contribution in [1.29, 1.82) is 0 Å². The van der Waals surface area contributed by atoms with Gasteiger partial charge in [-0.25, -0.2) is 0 Å². The van der Waals surface area contributed by atoms with Gasteiger partial charge in [-0.05, 0) is 46.0 Å². The summed E-state index contributed by atoms with van der Waals surface area (Å²) in [5.41, 5.74) is 0.513. The number of hydrogen-bond donors (Lipinski definition) is 0. The number of unbranched alkanes of at least 4 members (excludes halogenated alkanes) is 4. The van der Waals surface area contributed by atoms with Crippen LogP contribution in [0, 0.1) is 0 Å². The molecule has 1 aliphatic heterocycles. The first-order valence-corrected chi connectivity index (χ1v) is 7.52. The molecule has 0 N–H and O–H groups in total. The lowest BCUT2D eigenvalue weighted by Gasteiger charge is -2.32. The molecule has 0 aliphatic carbocycles. The normalized spacial score (nSPS) is 21.7. The van der Waals surface area contributed by atoms with Gasteiger partial charge in [-0.1, -0.05) is 44.9 Å². The Labute approximate surface area is 119 Å². The second-order valence-corrected chi connectivity index (χ2v) is 6.35. The number of rotatable bonds is 7. The molecular weight excluding hydrogens is 235 g/mol. The quantitative estimate of drug-likeness (QED) is 0.377. The SMILES string of the molecule is C=C/C(=C/CCCCCC)B1OC(C)(C)C(C)(C)O1. The molecule has 3 heteroatoms. The zero-order chi connectivity index (χ0) is 14.5. The van der Waals surface area contributed by atoms with Gasteiger partial charge in [0, 0.05) is 0 Å². The number of hydrogen-bond acceptors (Lipinski definition) is 2. The Morgan fingerprint density at radius 2 is 1.63 bits per heavy atom. The Morgan fingerprint density at radius 3 is 2.11 bits per heavy atom. The Morgan fingerprint density at radius 1 is 1.05 bits per heavy atom. The largest absolute Gasteiger partial charge is 0.494 e. The summed E-state index contributed by atoms with van der Waals surface area (Å²) in [5.74, 6) is 0. The summed E-state index contributed by atoms with van der Waals surface area (Å²) in [6.07, 6.45) is 10.3. The van der Waals surface area contributed by atoms with Crippen molar-refractivity contribution in [2.75, 3.05) is 0 Å². The van der Waals surface area contributed by atoms with Crippen molar-refractivity contribution in [3.8, 4) is 0 Å². The van der Waals surface area contributed by atoms with Crippen LogP contribution in [0.1, 0.15) is 66.7 Å². The lowest BCUT2D eigenvalue weighted by Crippen LogP contribution is -2.41. The van der Waals surface area contributed by atoms with Crippen LogP contribution >= 0.6 is 0 Å². The van der Waals surface area contributed by atoms with Gasteiger partial charge >= 0.3 is 7.12 Å². The summed E-state index contributed by atoms with van der Waals surface area (Å²) in [4.78, 5) is 0. The van der Waals surface area contributed by atoms with E-state index in [2.05, 4.69) is 47.3 Å². The molecule has 1 heterocycles. The third-order valence-electron chi connectivity index (χ3n) is 4.20. The maximum Gasteiger partial charge on any atom is 0.494 e. The zero-order valence-corrected chi connectivity index (χ0v) is 13.3. The molecule has 1 aliphatic rings. The molecule has 0 bridgehead atoms. The standard InChI is InChI=1S/C16H29BO2/c1-7-9-10-11-12-13-14(8-2)17-18-15(3,4)16(5,6)19-17/h8,13H,2,7,9-12H2,1,3-6H3/b14-13-. The van der Waals surface area contributed by atoms with E-state index in [0.29, 0.717) is 0 Å². The molecule has 0 radical (unpaired) electrons. The average molecular weight is 264 g/mol. The van der Waals surface area contributed by atoms with Gasteiger partial charge in [-0.2, -0.15) is 0 Å². The molecule has 0 aromatic heterocycles. The number of allylic oxidation sites excluding steroid dienone is 3. The molecule has 0 unspecified atom stereocenters. The van der Waals surface area contributed by atoms with Crippen molar-refractivity contribution < 1.29 is 9.31 Å². The molecule has 0 aromatic carbocycles. The second-order valence-electron chi connectivity index (χ2n) is 6.35. The van der Waals surface area contributed by atoms with Gasteiger partial charge < -0.3 is 9.31 Å². The molecule has 0 saturated carbocycles. The third-order valence-corrected chi connectivity index (χ3v) is 4.20. The van der Waals surface area contributed by atoms with Crippen molar-refractivity contribution in [3.05, 3.63) is 24.2 Å². The van der Waals surface area contributed by atoms with Crippen molar-refractivity contribution in [2.24, 2.45) is 0 Å². The van der Waals surface area contributed by atoms with Gasteiger partial charge in [-0.3, -0.25) is 0 Å². The Kier molecular flexibility index (Phi) is 5.88. The highest BCUT2D eigenvalue weighted by Gasteiger charge is 2.51. The lowest BCUT2D eigenvalue weighted by atomic mass is 9.77. The Bertz CT molecular complexity index is 316. The molecule has 0 amide bonds. The molecule has 0 spiro atoms. The van der Waals surface area contributed by atoms with E-state index in [1.54, 1.807) is 0 Å². The Balaban J connectivity index is 2.57. The summed E-state index contributed by atoms with van der Waals surface area (Å²) in [7, 11) is -0.270. The van der Waals surface area contributed by atoms with Crippen LogP contribution in [0.15, 0.2) is 24.2 Å². The molecular formula is C16H29BO2. The maximum absolute atomic E-state index is 6.03. The van der Waals surface area contributed by atoms with Crippen LogP contribution in [0.5, 0.6) is 0 Å². The van der Waals surface area contributed by atoms with Gasteiger partial charge in [0.2, 0.25) is 0 Å². The van der Waals surface area contributed by atoms with Gasteiger partial charge in [0.05, 0.1) is 11.2 Å². The van der Waals surface area contributed by atoms with E-state index < -0.39 is 0 Å². The topological polar surface area (TPSA) is 18.5 Å². The fourth-order valence-electron chi connectivity index (χ4n) is 2.09. The van der Waals surface area contributed by atoms with Crippen LogP contribution in [-0.4, -0.2) is 18.3 Å². The molecule has 1 fully saturated rings. The summed E-state index contributed by atoms with van der Waals surface area (Å²) < 4.78 is 12.1. The first kappa shape index (κ1) is 16.5. The predicted molar refractivity (Wildman–Crippen MR) is 83.1 cm³/mol. The van der Waals surface area contributed by atoms with Crippen LogP contribution in [0.25, 0.3) is 0 Å². The van der Waals surface area contributed by atoms with E-state index >= 15 is 0 Å². The smallest absolute Gasteiger partial charge is 0.399 e. The fourth-order valence-corrected chi connectivity index (χ4v) is 2.09. The van der Waals surface area contributed by atoms with Crippen LogP contribution in [-0.2, 0) is 9.31 Å². The van der Waals surface area contributed by atoms with Gasteiger partial charge in [0.1, 0.15) is 0 Å². The van der Waals surface area contributed by atoms with Gasteiger partial charge in [0.15, 0.2) is 0 Å². The highest BCUT2D eigenvalue weighted by Crippen LogP contribution is 2.38. The minimum atomic E-state index is -0.276. The zero-order valence-electron chi connectivity index (χ0n) is 13.3. The monoisotopic (exact) mass is 264 g/mol. The van der Waals surface area contributed by atoms with Crippen molar-refractivity contribution >= 4 is 7.12 Å². The van der Waals surface area contributed by atoms with Crippen molar-refractivity contribution in [3.63, 3.8) is 0 Å². The second kappa shape index (κ2) is 6.76. The van der Waals surface area contributed by atoms with Crippen LogP contribution in [0.3, 0.4) is 0 Å². The van der Waals surface area contributed by atoms with E-state index in [1.165, 1.54) is 25.7 Å². The Hall–Kier alpha value is -0.535. The molecule has 108 valence electrons. The highest BCUT2D eigenvalue weighted by atomic mass is 16.7. The fraction of sp³-hybridized carbons (Fsp3) is 0.750. The minimum absolute atomic E-state index is 0.270. The summed E-state index contributed by atoms with van der Waals surface area (Å²) in [6, 6.07) is 0. The van der Waals surface area contributed by atoms with Crippen LogP contribution < -0.4 is 0 Å². The van der Waals surface area contributed by atoms with Crippen molar-refractivity contribution in [2.45, 2.75) is 77.9 Å².